The first kappa shape index (κ1) is 35.2. The monoisotopic (exact) mass is 795 g/mol. The number of anilines is 3. The number of furan rings is 1. The third-order valence-corrected chi connectivity index (χ3v) is 13.3. The Morgan fingerprint density at radius 3 is 1.75 bits per heavy atom. The maximum atomic E-state index is 6.24. The van der Waals surface area contributed by atoms with Crippen molar-refractivity contribution >= 4 is 81.3 Å². The molecule has 0 aliphatic rings. The van der Waals surface area contributed by atoms with Gasteiger partial charge in [0.1, 0.15) is 11.2 Å². The highest BCUT2D eigenvalue weighted by Gasteiger charge is 2.21. The lowest BCUT2D eigenvalue weighted by Gasteiger charge is -2.27. The van der Waals surface area contributed by atoms with Gasteiger partial charge in [-0.3, -0.25) is 0 Å². The minimum Gasteiger partial charge on any atom is -0.456 e. The molecule has 0 atom stereocenters. The summed E-state index contributed by atoms with van der Waals surface area (Å²) >= 11 is 1.86. The average molecular weight is 796 g/mol. The fraction of sp³-hybridized carbons (Fsp3) is 0. The normalized spacial score (nSPS) is 11.6. The van der Waals surface area contributed by atoms with E-state index in [0.717, 1.165) is 27.9 Å². The van der Waals surface area contributed by atoms with Crippen molar-refractivity contribution in [2.45, 2.75) is 0 Å². The number of benzene rings is 10. The smallest absolute Gasteiger partial charge is 0.136 e. The van der Waals surface area contributed by atoms with Crippen LogP contribution in [0.15, 0.2) is 229 Å². The molecule has 2 aromatic heterocycles. The van der Waals surface area contributed by atoms with Crippen molar-refractivity contribution < 1.29 is 4.42 Å². The van der Waals surface area contributed by atoms with Gasteiger partial charge in [-0.25, -0.2) is 0 Å². The summed E-state index contributed by atoms with van der Waals surface area (Å²) in [7, 11) is 0. The van der Waals surface area contributed by atoms with Crippen LogP contribution < -0.4 is 4.90 Å². The average Bonchev–Trinajstić information content (AvgIpc) is 3.92. The number of thiophene rings is 1. The van der Waals surface area contributed by atoms with Crippen molar-refractivity contribution in [1.82, 2.24) is 0 Å². The molecule has 286 valence electrons. The molecule has 3 heteroatoms. The van der Waals surface area contributed by atoms with Crippen LogP contribution in [0.2, 0.25) is 0 Å². The number of hydrogen-bond acceptors (Lipinski definition) is 3. The van der Waals surface area contributed by atoms with E-state index < -0.39 is 0 Å². The summed E-state index contributed by atoms with van der Waals surface area (Å²) in [4.78, 5) is 2.44. The molecule has 2 nitrogen and oxygen atoms in total. The standard InChI is InChI=1S/C58H37NOS/c1-3-12-38(13-4-1)39-28-31-45(32-29-39)59(53-19-11-18-49-48-16-8-10-21-56(48)61-58(49)53)46-33-34-47(51(37-46)41-14-5-2-6-15-41)42-24-22-40(23-25-42)44-27-26-43-30-35-55-57(52(43)36-44)50-17-7-9-20-54(50)60-55/h1-37H. The van der Waals surface area contributed by atoms with Gasteiger partial charge in [-0.15, -0.1) is 11.3 Å². The van der Waals surface area contributed by atoms with Gasteiger partial charge in [-0.05, 0) is 110 Å². The van der Waals surface area contributed by atoms with E-state index in [1.165, 1.54) is 86.5 Å². The molecule has 0 fully saturated rings. The van der Waals surface area contributed by atoms with E-state index >= 15 is 0 Å². The number of para-hydroxylation sites is 1. The highest BCUT2D eigenvalue weighted by Crippen LogP contribution is 2.47. The molecular formula is C58H37NOS. The van der Waals surface area contributed by atoms with Crippen molar-refractivity contribution in [3.05, 3.63) is 224 Å². The van der Waals surface area contributed by atoms with Gasteiger partial charge < -0.3 is 9.32 Å². The second-order valence-electron chi connectivity index (χ2n) is 15.6. The number of nitrogens with zero attached hydrogens (tertiary/aromatic N) is 1. The van der Waals surface area contributed by atoms with Crippen LogP contribution in [0.25, 0.3) is 97.4 Å². The summed E-state index contributed by atoms with van der Waals surface area (Å²) in [5.74, 6) is 0. The summed E-state index contributed by atoms with van der Waals surface area (Å²) in [6.45, 7) is 0. The van der Waals surface area contributed by atoms with Gasteiger partial charge in [0, 0.05) is 37.6 Å². The molecule has 12 rings (SSSR count). The van der Waals surface area contributed by atoms with Crippen LogP contribution in [0.4, 0.5) is 17.1 Å². The van der Waals surface area contributed by atoms with E-state index in [1.54, 1.807) is 0 Å². The fourth-order valence-electron chi connectivity index (χ4n) is 9.11. The molecule has 61 heavy (non-hydrogen) atoms. The number of fused-ring (bicyclic) bond motifs is 8. The Bertz CT molecular complexity index is 3570. The van der Waals surface area contributed by atoms with Gasteiger partial charge >= 0.3 is 0 Å². The minimum atomic E-state index is 0.918. The van der Waals surface area contributed by atoms with Gasteiger partial charge in [0.2, 0.25) is 0 Å². The Hall–Kier alpha value is -7.72. The summed E-state index contributed by atoms with van der Waals surface area (Å²) in [5.41, 5.74) is 14.7. The highest BCUT2D eigenvalue weighted by molar-refractivity contribution is 7.26. The zero-order valence-corrected chi connectivity index (χ0v) is 33.9. The van der Waals surface area contributed by atoms with Crippen molar-refractivity contribution in [2.75, 3.05) is 4.90 Å². The predicted molar refractivity (Wildman–Crippen MR) is 261 cm³/mol. The quantitative estimate of drug-likeness (QED) is 0.160. The first-order valence-electron chi connectivity index (χ1n) is 20.7. The molecule has 0 radical (unpaired) electrons. The van der Waals surface area contributed by atoms with E-state index in [0.29, 0.717) is 0 Å². The van der Waals surface area contributed by atoms with Crippen LogP contribution >= 0.6 is 11.3 Å². The zero-order chi connectivity index (χ0) is 40.3. The minimum absolute atomic E-state index is 0.918. The fourth-order valence-corrected chi connectivity index (χ4v) is 10.3. The Morgan fingerprint density at radius 1 is 0.344 bits per heavy atom. The Labute approximate surface area is 357 Å². The molecule has 10 aromatic carbocycles. The topological polar surface area (TPSA) is 16.4 Å². The van der Waals surface area contributed by atoms with Crippen LogP contribution in [0.5, 0.6) is 0 Å². The van der Waals surface area contributed by atoms with E-state index in [1.807, 2.05) is 23.5 Å². The molecule has 12 aromatic rings. The van der Waals surface area contributed by atoms with Crippen molar-refractivity contribution in [3.63, 3.8) is 0 Å². The van der Waals surface area contributed by atoms with Crippen LogP contribution in [-0.4, -0.2) is 0 Å². The van der Waals surface area contributed by atoms with Crippen molar-refractivity contribution in [3.8, 4) is 44.5 Å². The van der Waals surface area contributed by atoms with Gasteiger partial charge in [-0.1, -0.05) is 170 Å². The first-order valence-corrected chi connectivity index (χ1v) is 21.6. The molecule has 0 aliphatic carbocycles. The third kappa shape index (κ3) is 6.09. The zero-order valence-electron chi connectivity index (χ0n) is 33.1. The van der Waals surface area contributed by atoms with Crippen molar-refractivity contribution in [2.24, 2.45) is 0 Å². The van der Waals surface area contributed by atoms with E-state index in [9.17, 15) is 0 Å². The molecule has 0 amide bonds. The lowest BCUT2D eigenvalue weighted by Crippen LogP contribution is -2.10. The third-order valence-electron chi connectivity index (χ3n) is 12.1. The Balaban J connectivity index is 0.987. The molecule has 0 spiro atoms. The van der Waals surface area contributed by atoms with Gasteiger partial charge in [0.15, 0.2) is 0 Å². The Morgan fingerprint density at radius 2 is 0.934 bits per heavy atom. The largest absolute Gasteiger partial charge is 0.456 e. The SMILES string of the molecule is c1ccc(-c2ccc(N(c3ccc(-c4ccc(-c5ccc6ccc7oc8ccccc8c7c6c5)cc4)c(-c4ccccc4)c3)c3cccc4c3sc3ccccc34)cc2)cc1. The summed E-state index contributed by atoms with van der Waals surface area (Å²) in [5, 5.41) is 7.30. The maximum Gasteiger partial charge on any atom is 0.136 e. The molecule has 0 aliphatic heterocycles. The van der Waals surface area contributed by atoms with E-state index in [-0.39, 0.29) is 0 Å². The van der Waals surface area contributed by atoms with Gasteiger partial charge in [0.05, 0.1) is 10.4 Å². The summed E-state index contributed by atoms with van der Waals surface area (Å²) in [6, 6.07) is 81.3. The predicted octanol–water partition coefficient (Wildman–Crippen LogP) is 17.2. The van der Waals surface area contributed by atoms with Crippen LogP contribution in [0, 0.1) is 0 Å². The molecule has 2 heterocycles. The first-order chi connectivity index (χ1) is 30.2. The number of rotatable bonds is 7. The van der Waals surface area contributed by atoms with E-state index in [4.69, 9.17) is 4.42 Å². The van der Waals surface area contributed by atoms with Crippen LogP contribution in [0.3, 0.4) is 0 Å². The highest BCUT2D eigenvalue weighted by atomic mass is 32.1. The van der Waals surface area contributed by atoms with Gasteiger partial charge in [0.25, 0.3) is 0 Å². The van der Waals surface area contributed by atoms with E-state index in [2.05, 4.69) is 217 Å². The second kappa shape index (κ2) is 14.5. The molecule has 0 saturated heterocycles. The van der Waals surface area contributed by atoms with Crippen LogP contribution in [-0.2, 0) is 0 Å². The Kier molecular flexibility index (Phi) is 8.39. The molecule has 0 N–H and O–H groups in total. The lowest BCUT2D eigenvalue weighted by atomic mass is 9.92. The number of hydrogen-bond donors (Lipinski definition) is 0. The van der Waals surface area contributed by atoms with Gasteiger partial charge in [-0.2, -0.15) is 0 Å². The summed E-state index contributed by atoms with van der Waals surface area (Å²) < 4.78 is 8.80. The molecule has 0 saturated carbocycles. The second-order valence-corrected chi connectivity index (χ2v) is 16.7. The van der Waals surface area contributed by atoms with Crippen LogP contribution in [0.1, 0.15) is 0 Å². The lowest BCUT2D eigenvalue weighted by molar-refractivity contribution is 0.669. The summed E-state index contributed by atoms with van der Waals surface area (Å²) in [6.07, 6.45) is 0. The molecule has 0 unspecified atom stereocenters. The van der Waals surface area contributed by atoms with Crippen molar-refractivity contribution in [1.29, 1.82) is 0 Å². The maximum absolute atomic E-state index is 6.24. The molecular weight excluding hydrogens is 759 g/mol. The molecule has 0 bridgehead atoms.